The van der Waals surface area contributed by atoms with Crippen molar-refractivity contribution >= 4 is 0 Å². The molecular weight excluding hydrogens is 120 g/mol. The summed E-state index contributed by atoms with van der Waals surface area (Å²) in [5.41, 5.74) is 1.36. The molecule has 0 nitrogen and oxygen atoms in total. The maximum atomic E-state index is 3.77. The van der Waals surface area contributed by atoms with Gasteiger partial charge in [-0.1, -0.05) is 46.4 Å². The first-order valence-electron chi connectivity index (χ1n) is 3.92. The first-order valence-corrected chi connectivity index (χ1v) is 3.92. The Kier molecular flexibility index (Phi) is 4.10. The molecule has 0 atom stereocenters. The van der Waals surface area contributed by atoms with Crippen LogP contribution in [0.2, 0.25) is 0 Å². The highest BCUT2D eigenvalue weighted by Gasteiger charge is 1.98. The quantitative estimate of drug-likeness (QED) is 0.524. The lowest BCUT2D eigenvalue weighted by atomic mass is 9.99. The molecule has 58 valence electrons. The summed E-state index contributed by atoms with van der Waals surface area (Å²) in [6.45, 7) is 12.5. The van der Waals surface area contributed by atoms with Crippen LogP contribution >= 0.6 is 0 Å². The van der Waals surface area contributed by atoms with Crippen LogP contribution in [0, 0.1) is 11.8 Å². The minimum atomic E-state index is 0.611. The van der Waals surface area contributed by atoms with Crippen LogP contribution in [0.1, 0.15) is 27.7 Å². The van der Waals surface area contributed by atoms with Gasteiger partial charge in [0.25, 0.3) is 0 Å². The summed E-state index contributed by atoms with van der Waals surface area (Å²) in [4.78, 5) is 0. The van der Waals surface area contributed by atoms with Gasteiger partial charge in [0.1, 0.15) is 0 Å². The van der Waals surface area contributed by atoms with Crippen LogP contribution in [0.4, 0.5) is 0 Å². The smallest absolute Gasteiger partial charge is 0.0222 e. The topological polar surface area (TPSA) is 0 Å². The molecule has 0 aromatic carbocycles. The fourth-order valence-electron chi connectivity index (χ4n) is 0.881. The molecule has 0 amide bonds. The van der Waals surface area contributed by atoms with Gasteiger partial charge in [0.2, 0.25) is 0 Å². The Labute approximate surface area is 64.6 Å². The molecule has 0 heteroatoms. The maximum absolute atomic E-state index is 3.77. The second-order valence-electron chi connectivity index (χ2n) is 3.27. The third-order valence-corrected chi connectivity index (χ3v) is 1.43. The molecule has 0 radical (unpaired) electrons. The summed E-state index contributed by atoms with van der Waals surface area (Å²) in [6.07, 6.45) is 4.21. The van der Waals surface area contributed by atoms with Crippen molar-refractivity contribution in [2.45, 2.75) is 27.7 Å². The van der Waals surface area contributed by atoms with Crippen molar-refractivity contribution in [3.63, 3.8) is 0 Å². The monoisotopic (exact) mass is 138 g/mol. The third-order valence-electron chi connectivity index (χ3n) is 1.43. The van der Waals surface area contributed by atoms with E-state index in [2.05, 4.69) is 40.3 Å². The van der Waals surface area contributed by atoms with Gasteiger partial charge < -0.3 is 0 Å². The first kappa shape index (κ1) is 9.48. The summed E-state index contributed by atoms with van der Waals surface area (Å²) >= 11 is 0. The maximum Gasteiger partial charge on any atom is -0.0222 e. The Hall–Kier alpha value is -0.520. The zero-order valence-corrected chi connectivity index (χ0v) is 7.52. The summed E-state index contributed by atoms with van der Waals surface area (Å²) in [7, 11) is 0. The van der Waals surface area contributed by atoms with Gasteiger partial charge >= 0.3 is 0 Å². The van der Waals surface area contributed by atoms with Gasteiger partial charge in [0.15, 0.2) is 0 Å². The van der Waals surface area contributed by atoms with Crippen molar-refractivity contribution in [2.75, 3.05) is 0 Å². The predicted octanol–water partition coefficient (Wildman–Crippen LogP) is 3.41. The summed E-state index contributed by atoms with van der Waals surface area (Å²) in [5.74, 6) is 1.25. The summed E-state index contributed by atoms with van der Waals surface area (Å²) in [6, 6.07) is 0. The van der Waals surface area contributed by atoms with Crippen molar-refractivity contribution in [3.8, 4) is 0 Å². The molecule has 0 N–H and O–H groups in total. The van der Waals surface area contributed by atoms with E-state index in [1.807, 2.05) is 6.08 Å². The van der Waals surface area contributed by atoms with E-state index in [-0.39, 0.29) is 0 Å². The van der Waals surface area contributed by atoms with Crippen LogP contribution in [0.5, 0.6) is 0 Å². The zero-order valence-electron chi connectivity index (χ0n) is 7.52. The lowest BCUT2D eigenvalue weighted by Gasteiger charge is -2.06. The van der Waals surface area contributed by atoms with Gasteiger partial charge in [-0.3, -0.25) is 0 Å². The average Bonchev–Trinajstić information content (AvgIpc) is 1.81. The van der Waals surface area contributed by atoms with E-state index in [4.69, 9.17) is 0 Å². The fourth-order valence-corrected chi connectivity index (χ4v) is 0.881. The Bertz CT molecular complexity index is 127. The average molecular weight is 138 g/mol. The molecule has 0 saturated carbocycles. The van der Waals surface area contributed by atoms with Gasteiger partial charge in [-0.25, -0.2) is 0 Å². The second kappa shape index (κ2) is 4.32. The van der Waals surface area contributed by atoms with Crippen LogP contribution in [0.25, 0.3) is 0 Å². The molecule has 0 bridgehead atoms. The van der Waals surface area contributed by atoms with Crippen molar-refractivity contribution in [2.24, 2.45) is 11.8 Å². The van der Waals surface area contributed by atoms with Crippen LogP contribution < -0.4 is 0 Å². The summed E-state index contributed by atoms with van der Waals surface area (Å²) < 4.78 is 0. The van der Waals surface area contributed by atoms with Crippen molar-refractivity contribution in [3.05, 3.63) is 24.3 Å². The van der Waals surface area contributed by atoms with Crippen LogP contribution in [0.15, 0.2) is 24.3 Å². The molecule has 0 fully saturated rings. The molecular formula is C10H18. The van der Waals surface area contributed by atoms with Crippen LogP contribution in [-0.4, -0.2) is 0 Å². The third kappa shape index (κ3) is 3.49. The Balaban J connectivity index is 4.18. The lowest BCUT2D eigenvalue weighted by molar-refractivity contribution is 0.750. The predicted molar refractivity (Wildman–Crippen MR) is 48.0 cm³/mol. The van der Waals surface area contributed by atoms with E-state index >= 15 is 0 Å². The van der Waals surface area contributed by atoms with E-state index in [9.17, 15) is 0 Å². The normalized spacial score (nSPS) is 12.8. The number of rotatable bonds is 3. The van der Waals surface area contributed by atoms with E-state index in [0.717, 1.165) is 0 Å². The molecule has 0 unspecified atom stereocenters. The van der Waals surface area contributed by atoms with E-state index in [0.29, 0.717) is 11.8 Å². The minimum Gasteiger partial charge on any atom is -0.0988 e. The zero-order chi connectivity index (χ0) is 8.15. The molecule has 0 aliphatic rings. The lowest BCUT2D eigenvalue weighted by Crippen LogP contribution is -1.92. The Morgan fingerprint density at radius 3 is 1.80 bits per heavy atom. The first-order chi connectivity index (χ1) is 4.57. The molecule has 0 aromatic rings. The van der Waals surface area contributed by atoms with Crippen molar-refractivity contribution < 1.29 is 0 Å². The van der Waals surface area contributed by atoms with E-state index in [1.165, 1.54) is 5.57 Å². The molecule has 0 saturated heterocycles. The number of hydrogen-bond acceptors (Lipinski definition) is 0. The molecule has 0 aliphatic carbocycles. The Morgan fingerprint density at radius 1 is 1.20 bits per heavy atom. The molecule has 0 heterocycles. The molecule has 0 rings (SSSR count). The van der Waals surface area contributed by atoms with E-state index < -0.39 is 0 Å². The number of hydrogen-bond donors (Lipinski definition) is 0. The SMILES string of the molecule is C=CC(=CC(C)C)C(C)C. The van der Waals surface area contributed by atoms with Crippen molar-refractivity contribution in [1.29, 1.82) is 0 Å². The van der Waals surface area contributed by atoms with Crippen LogP contribution in [0.3, 0.4) is 0 Å². The van der Waals surface area contributed by atoms with Gasteiger partial charge in [-0.15, -0.1) is 0 Å². The van der Waals surface area contributed by atoms with Crippen molar-refractivity contribution in [1.82, 2.24) is 0 Å². The highest BCUT2D eigenvalue weighted by atomic mass is 14.0. The highest BCUT2D eigenvalue weighted by molar-refractivity contribution is 5.18. The van der Waals surface area contributed by atoms with Crippen LogP contribution in [-0.2, 0) is 0 Å². The standard InChI is InChI=1S/C10H18/c1-6-10(9(4)5)7-8(2)3/h6-9H,1H2,2-5H3. The Morgan fingerprint density at radius 2 is 1.70 bits per heavy atom. The van der Waals surface area contributed by atoms with Gasteiger partial charge in [0, 0.05) is 0 Å². The van der Waals surface area contributed by atoms with E-state index in [1.54, 1.807) is 0 Å². The minimum absolute atomic E-state index is 0.611. The fraction of sp³-hybridized carbons (Fsp3) is 0.600. The van der Waals surface area contributed by atoms with Gasteiger partial charge in [-0.2, -0.15) is 0 Å². The highest BCUT2D eigenvalue weighted by Crippen LogP contribution is 2.12. The van der Waals surface area contributed by atoms with Gasteiger partial charge in [0.05, 0.1) is 0 Å². The van der Waals surface area contributed by atoms with Gasteiger partial charge in [-0.05, 0) is 17.4 Å². The largest absolute Gasteiger partial charge is 0.0988 e. The molecule has 10 heavy (non-hydrogen) atoms. The number of allylic oxidation sites excluding steroid dienone is 3. The molecule has 0 aliphatic heterocycles. The summed E-state index contributed by atoms with van der Waals surface area (Å²) in [5, 5.41) is 0. The second-order valence-corrected chi connectivity index (χ2v) is 3.27. The molecule has 0 spiro atoms. The molecule has 0 aromatic heterocycles.